The van der Waals surface area contributed by atoms with E-state index in [1.807, 2.05) is 0 Å². The first-order valence-electron chi connectivity index (χ1n) is 6.42. The lowest BCUT2D eigenvalue weighted by atomic mass is 10.3. The van der Waals surface area contributed by atoms with Gasteiger partial charge in [0.2, 0.25) is 10.0 Å². The zero-order chi connectivity index (χ0) is 15.5. The highest BCUT2D eigenvalue weighted by atomic mass is 32.2. The molecule has 0 bridgehead atoms. The van der Waals surface area contributed by atoms with E-state index in [0.717, 1.165) is 0 Å². The second-order valence-corrected chi connectivity index (χ2v) is 6.15. The van der Waals surface area contributed by atoms with Crippen molar-refractivity contribution in [2.75, 3.05) is 12.3 Å². The molecule has 0 amide bonds. The van der Waals surface area contributed by atoms with Crippen molar-refractivity contribution in [3.8, 4) is 5.75 Å². The van der Waals surface area contributed by atoms with E-state index in [0.29, 0.717) is 18.1 Å². The molecule has 1 heterocycles. The average Bonchev–Trinajstić information content (AvgIpc) is 2.84. The molecular formula is C13H18N4O3S. The smallest absolute Gasteiger partial charge is 0.244 e. The Labute approximate surface area is 123 Å². The van der Waals surface area contributed by atoms with Gasteiger partial charge in [-0.05, 0) is 25.1 Å². The van der Waals surface area contributed by atoms with Crippen molar-refractivity contribution in [2.45, 2.75) is 18.4 Å². The molecule has 2 rings (SSSR count). The number of sulfonamides is 1. The molecule has 0 aliphatic carbocycles. The Morgan fingerprint density at radius 3 is 2.81 bits per heavy atom. The third kappa shape index (κ3) is 3.53. The van der Waals surface area contributed by atoms with E-state index in [1.54, 1.807) is 43.1 Å². The molecular weight excluding hydrogens is 292 g/mol. The minimum Gasteiger partial charge on any atom is -0.492 e. The molecule has 1 aromatic carbocycles. The molecule has 0 aliphatic heterocycles. The van der Waals surface area contributed by atoms with Crippen LogP contribution in [0, 0.1) is 0 Å². The van der Waals surface area contributed by atoms with Crippen LogP contribution in [-0.4, -0.2) is 24.6 Å². The van der Waals surface area contributed by atoms with Gasteiger partial charge in [0.1, 0.15) is 16.5 Å². The van der Waals surface area contributed by atoms with Crippen LogP contribution in [0.4, 0.5) is 5.69 Å². The molecule has 1 aromatic heterocycles. The summed E-state index contributed by atoms with van der Waals surface area (Å²) in [6, 6.07) is 4.53. The molecule has 0 atom stereocenters. The third-order valence-corrected chi connectivity index (χ3v) is 4.32. The summed E-state index contributed by atoms with van der Waals surface area (Å²) in [5.74, 6) is 0.888. The number of anilines is 1. The number of ether oxygens (including phenoxy) is 1. The maximum atomic E-state index is 12.4. The van der Waals surface area contributed by atoms with Crippen LogP contribution in [0.2, 0.25) is 0 Å². The standard InChI is InChI=1S/C13H18N4O3S/c1-3-20-11-5-4-10(14)8-12(11)21(18,19)16-9-13-15-6-7-17(13)2/h4-8,16H,3,9,14H2,1-2H3. The first-order chi connectivity index (χ1) is 9.94. The van der Waals surface area contributed by atoms with Crippen LogP contribution in [0.5, 0.6) is 5.75 Å². The second kappa shape index (κ2) is 6.15. The van der Waals surface area contributed by atoms with Crippen molar-refractivity contribution >= 4 is 15.7 Å². The van der Waals surface area contributed by atoms with Crippen LogP contribution < -0.4 is 15.2 Å². The van der Waals surface area contributed by atoms with E-state index in [1.165, 1.54) is 6.07 Å². The van der Waals surface area contributed by atoms with E-state index in [2.05, 4.69) is 9.71 Å². The van der Waals surface area contributed by atoms with Crippen LogP contribution in [-0.2, 0) is 23.6 Å². The highest BCUT2D eigenvalue weighted by Gasteiger charge is 2.20. The lowest BCUT2D eigenvalue weighted by Crippen LogP contribution is -2.25. The Hall–Kier alpha value is -2.06. The molecule has 7 nitrogen and oxygen atoms in total. The van der Waals surface area contributed by atoms with Crippen molar-refractivity contribution in [2.24, 2.45) is 7.05 Å². The first-order valence-corrected chi connectivity index (χ1v) is 7.90. The number of hydrogen-bond acceptors (Lipinski definition) is 5. The Kier molecular flexibility index (Phi) is 4.49. The first kappa shape index (κ1) is 15.3. The predicted molar refractivity (Wildman–Crippen MR) is 79.3 cm³/mol. The zero-order valence-corrected chi connectivity index (χ0v) is 12.7. The summed E-state index contributed by atoms with van der Waals surface area (Å²) in [6.07, 6.45) is 3.35. The molecule has 0 spiro atoms. The second-order valence-electron chi connectivity index (χ2n) is 4.42. The summed E-state index contributed by atoms with van der Waals surface area (Å²) in [5, 5.41) is 0. The van der Waals surface area contributed by atoms with Crippen molar-refractivity contribution in [1.29, 1.82) is 0 Å². The van der Waals surface area contributed by atoms with Crippen molar-refractivity contribution in [3.05, 3.63) is 36.4 Å². The molecule has 21 heavy (non-hydrogen) atoms. The molecule has 0 radical (unpaired) electrons. The fraction of sp³-hybridized carbons (Fsp3) is 0.308. The summed E-state index contributed by atoms with van der Waals surface area (Å²) in [5.41, 5.74) is 6.03. The average molecular weight is 310 g/mol. The highest BCUT2D eigenvalue weighted by Crippen LogP contribution is 2.26. The van der Waals surface area contributed by atoms with Gasteiger partial charge in [0, 0.05) is 25.1 Å². The van der Waals surface area contributed by atoms with Crippen molar-refractivity contribution in [3.63, 3.8) is 0 Å². The van der Waals surface area contributed by atoms with Gasteiger partial charge in [0.05, 0.1) is 13.2 Å². The van der Waals surface area contributed by atoms with Crippen LogP contribution >= 0.6 is 0 Å². The molecule has 114 valence electrons. The highest BCUT2D eigenvalue weighted by molar-refractivity contribution is 7.89. The number of aryl methyl sites for hydroxylation is 1. The van der Waals surface area contributed by atoms with Crippen LogP contribution in [0.15, 0.2) is 35.5 Å². The monoisotopic (exact) mass is 310 g/mol. The number of nitrogens with two attached hydrogens (primary N) is 1. The van der Waals surface area contributed by atoms with Gasteiger partial charge >= 0.3 is 0 Å². The largest absolute Gasteiger partial charge is 0.492 e. The molecule has 0 unspecified atom stereocenters. The Balaban J connectivity index is 2.26. The van der Waals surface area contributed by atoms with E-state index in [-0.39, 0.29) is 17.2 Å². The van der Waals surface area contributed by atoms with Gasteiger partial charge in [-0.25, -0.2) is 18.1 Å². The van der Waals surface area contributed by atoms with E-state index in [4.69, 9.17) is 10.5 Å². The lowest BCUT2D eigenvalue weighted by molar-refractivity contribution is 0.331. The van der Waals surface area contributed by atoms with Gasteiger partial charge in [-0.15, -0.1) is 0 Å². The van der Waals surface area contributed by atoms with Crippen LogP contribution in [0.1, 0.15) is 12.7 Å². The van der Waals surface area contributed by atoms with Gasteiger partial charge in [0.25, 0.3) is 0 Å². The summed E-state index contributed by atoms with van der Waals surface area (Å²) in [6.45, 7) is 2.24. The molecule has 3 N–H and O–H groups in total. The molecule has 0 saturated carbocycles. The third-order valence-electron chi connectivity index (χ3n) is 2.90. The summed E-state index contributed by atoms with van der Waals surface area (Å²) >= 11 is 0. The quantitative estimate of drug-likeness (QED) is 0.772. The van der Waals surface area contributed by atoms with E-state index >= 15 is 0 Å². The summed E-state index contributed by atoms with van der Waals surface area (Å²) in [4.78, 5) is 4.10. The Morgan fingerprint density at radius 2 is 2.19 bits per heavy atom. The SMILES string of the molecule is CCOc1ccc(N)cc1S(=O)(=O)NCc1nccn1C. The van der Waals surface area contributed by atoms with Crippen molar-refractivity contribution < 1.29 is 13.2 Å². The lowest BCUT2D eigenvalue weighted by Gasteiger charge is -2.12. The summed E-state index contributed by atoms with van der Waals surface area (Å²) < 4.78 is 34.4. The van der Waals surface area contributed by atoms with Crippen LogP contribution in [0.3, 0.4) is 0 Å². The van der Waals surface area contributed by atoms with Crippen molar-refractivity contribution in [1.82, 2.24) is 14.3 Å². The Morgan fingerprint density at radius 1 is 1.43 bits per heavy atom. The minimum atomic E-state index is -3.74. The maximum absolute atomic E-state index is 12.4. The number of nitrogens with one attached hydrogen (secondary N) is 1. The minimum absolute atomic E-state index is 0.0264. The number of aromatic nitrogens is 2. The number of imidazole rings is 1. The van der Waals surface area contributed by atoms with Gasteiger partial charge in [-0.3, -0.25) is 0 Å². The van der Waals surface area contributed by atoms with Gasteiger partial charge in [0.15, 0.2) is 0 Å². The normalized spacial score (nSPS) is 11.5. The fourth-order valence-corrected chi connectivity index (χ4v) is 2.97. The van der Waals surface area contributed by atoms with E-state index < -0.39 is 10.0 Å². The molecule has 0 fully saturated rings. The maximum Gasteiger partial charge on any atom is 0.244 e. The zero-order valence-electron chi connectivity index (χ0n) is 11.9. The van der Waals surface area contributed by atoms with Crippen LogP contribution in [0.25, 0.3) is 0 Å². The number of nitrogens with zero attached hydrogens (tertiary/aromatic N) is 2. The molecule has 8 heteroatoms. The van der Waals surface area contributed by atoms with Gasteiger partial charge < -0.3 is 15.0 Å². The predicted octanol–water partition coefficient (Wildman–Crippen LogP) is 0.879. The number of rotatable bonds is 6. The topological polar surface area (TPSA) is 99.2 Å². The Bertz CT molecular complexity index is 725. The molecule has 0 saturated heterocycles. The van der Waals surface area contributed by atoms with E-state index in [9.17, 15) is 8.42 Å². The van der Waals surface area contributed by atoms with Gasteiger partial charge in [-0.1, -0.05) is 0 Å². The fourth-order valence-electron chi connectivity index (χ4n) is 1.81. The molecule has 0 aliphatic rings. The van der Waals surface area contributed by atoms with Gasteiger partial charge in [-0.2, -0.15) is 0 Å². The number of benzene rings is 1. The molecule has 2 aromatic rings. The summed E-state index contributed by atoms with van der Waals surface area (Å²) in [7, 11) is -1.94. The number of hydrogen-bond donors (Lipinski definition) is 2. The number of nitrogen functional groups attached to an aromatic ring is 1.